The van der Waals surface area contributed by atoms with Gasteiger partial charge in [0.05, 0.1) is 6.61 Å². The number of nitrogens with one attached hydrogen (secondary N) is 1. The van der Waals surface area contributed by atoms with Gasteiger partial charge in [0.15, 0.2) is 0 Å². The number of hydrogen-bond acceptors (Lipinski definition) is 2. The molecule has 82 valence electrons. The summed E-state index contributed by atoms with van der Waals surface area (Å²) in [5.74, 6) is -0.349. The molecule has 1 aromatic carbocycles. The predicted octanol–water partition coefficient (Wildman–Crippen LogP) is 1.67. The molecule has 0 atom stereocenters. The minimum atomic E-state index is -0.349. The van der Waals surface area contributed by atoms with Crippen LogP contribution in [0.4, 0.5) is 4.39 Å². The van der Waals surface area contributed by atoms with Crippen LogP contribution in [0.2, 0.25) is 0 Å². The lowest BCUT2D eigenvalue weighted by Gasteiger charge is -2.02. The zero-order valence-corrected chi connectivity index (χ0v) is 8.40. The largest absolute Gasteiger partial charge is 0.392 e. The van der Waals surface area contributed by atoms with Crippen molar-refractivity contribution in [3.63, 3.8) is 0 Å². The Bertz CT molecular complexity index is 546. The highest BCUT2D eigenvalue weighted by atomic mass is 19.1. The molecule has 0 fully saturated rings. The summed E-state index contributed by atoms with van der Waals surface area (Å²) in [7, 11) is 0. The molecular weight excluding hydrogens is 209 g/mol. The summed E-state index contributed by atoms with van der Waals surface area (Å²) in [5.41, 5.74) is 1.40. The lowest BCUT2D eigenvalue weighted by atomic mass is 10.1. The molecule has 3 nitrogen and oxygen atoms in total. The minimum absolute atomic E-state index is 0.148. The zero-order chi connectivity index (χ0) is 11.5. The summed E-state index contributed by atoms with van der Waals surface area (Å²) in [6, 6.07) is 7.23. The van der Waals surface area contributed by atoms with Crippen LogP contribution in [0.15, 0.2) is 41.3 Å². The maximum atomic E-state index is 12.7. The minimum Gasteiger partial charge on any atom is -0.392 e. The van der Waals surface area contributed by atoms with Gasteiger partial charge in [0, 0.05) is 11.8 Å². The van der Waals surface area contributed by atoms with E-state index in [1.54, 1.807) is 6.07 Å². The monoisotopic (exact) mass is 219 g/mol. The molecule has 0 spiro atoms. The molecule has 0 bridgehead atoms. The third kappa shape index (κ3) is 2.01. The van der Waals surface area contributed by atoms with Crippen molar-refractivity contribution in [3.05, 3.63) is 58.3 Å². The van der Waals surface area contributed by atoms with Crippen LogP contribution in [0.5, 0.6) is 0 Å². The molecule has 1 heterocycles. The van der Waals surface area contributed by atoms with Crippen LogP contribution >= 0.6 is 0 Å². The number of aliphatic hydroxyl groups excluding tert-OH is 1. The van der Waals surface area contributed by atoms with E-state index < -0.39 is 0 Å². The van der Waals surface area contributed by atoms with Crippen molar-refractivity contribution in [2.24, 2.45) is 0 Å². The molecule has 2 rings (SSSR count). The maximum Gasteiger partial charge on any atom is 0.255 e. The number of hydrogen-bond donors (Lipinski definition) is 2. The third-order valence-corrected chi connectivity index (χ3v) is 2.30. The Labute approximate surface area is 91.2 Å². The molecule has 4 heteroatoms. The molecule has 1 aromatic heterocycles. The van der Waals surface area contributed by atoms with Crippen molar-refractivity contribution < 1.29 is 9.50 Å². The number of H-pyrrole nitrogens is 1. The van der Waals surface area contributed by atoms with E-state index >= 15 is 0 Å². The van der Waals surface area contributed by atoms with Gasteiger partial charge in [-0.25, -0.2) is 4.39 Å². The number of aromatic nitrogens is 1. The third-order valence-electron chi connectivity index (χ3n) is 2.30. The van der Waals surface area contributed by atoms with E-state index in [2.05, 4.69) is 4.98 Å². The molecular formula is C12H10FNO2. The van der Waals surface area contributed by atoms with Crippen LogP contribution in [0.3, 0.4) is 0 Å². The molecule has 0 aliphatic rings. The van der Waals surface area contributed by atoms with Crippen LogP contribution in [-0.4, -0.2) is 10.1 Å². The van der Waals surface area contributed by atoms with Gasteiger partial charge in [0.1, 0.15) is 5.82 Å². The lowest BCUT2D eigenvalue weighted by Crippen LogP contribution is -2.09. The summed E-state index contributed by atoms with van der Waals surface area (Å²) < 4.78 is 12.7. The van der Waals surface area contributed by atoms with Gasteiger partial charge < -0.3 is 10.1 Å². The fourth-order valence-electron chi connectivity index (χ4n) is 1.46. The van der Waals surface area contributed by atoms with E-state index in [4.69, 9.17) is 5.11 Å². The molecule has 0 radical (unpaired) electrons. The number of rotatable bonds is 2. The van der Waals surface area contributed by atoms with E-state index in [0.717, 1.165) is 0 Å². The van der Waals surface area contributed by atoms with Crippen LogP contribution in [0.25, 0.3) is 11.1 Å². The maximum absolute atomic E-state index is 12.7. The normalized spacial score (nSPS) is 10.4. The van der Waals surface area contributed by atoms with Gasteiger partial charge in [-0.2, -0.15) is 0 Å². The lowest BCUT2D eigenvalue weighted by molar-refractivity contribution is 0.281. The topological polar surface area (TPSA) is 53.1 Å². The van der Waals surface area contributed by atoms with Gasteiger partial charge in [0.25, 0.3) is 5.56 Å². The van der Waals surface area contributed by atoms with Crippen LogP contribution in [-0.2, 0) is 6.61 Å². The Balaban J connectivity index is 2.54. The summed E-state index contributed by atoms with van der Waals surface area (Å²) in [6.07, 6.45) is 1.45. The van der Waals surface area contributed by atoms with Crippen molar-refractivity contribution >= 4 is 0 Å². The van der Waals surface area contributed by atoms with Crippen molar-refractivity contribution in [1.82, 2.24) is 4.98 Å². The molecule has 16 heavy (non-hydrogen) atoms. The van der Waals surface area contributed by atoms with Gasteiger partial charge in [0.2, 0.25) is 0 Å². The van der Waals surface area contributed by atoms with Gasteiger partial charge in [-0.15, -0.1) is 0 Å². The molecule has 0 unspecified atom stereocenters. The first-order chi connectivity index (χ1) is 7.70. The fraction of sp³-hybridized carbons (Fsp3) is 0.0833. The summed E-state index contributed by atoms with van der Waals surface area (Å²) in [4.78, 5) is 14.1. The number of aromatic amines is 1. The van der Waals surface area contributed by atoms with E-state index in [1.165, 1.54) is 30.5 Å². The number of pyridine rings is 1. The predicted molar refractivity (Wildman–Crippen MR) is 58.4 cm³/mol. The molecule has 0 aliphatic carbocycles. The number of halogens is 1. The van der Waals surface area contributed by atoms with E-state index in [-0.39, 0.29) is 18.0 Å². The van der Waals surface area contributed by atoms with E-state index in [9.17, 15) is 9.18 Å². The second-order valence-electron chi connectivity index (χ2n) is 3.42. The second-order valence-corrected chi connectivity index (χ2v) is 3.42. The Hall–Kier alpha value is -1.94. The first-order valence-corrected chi connectivity index (χ1v) is 4.79. The average molecular weight is 219 g/mol. The fourth-order valence-corrected chi connectivity index (χ4v) is 1.46. The van der Waals surface area contributed by atoms with Crippen LogP contribution < -0.4 is 5.56 Å². The summed E-state index contributed by atoms with van der Waals surface area (Å²) >= 11 is 0. The average Bonchev–Trinajstić information content (AvgIpc) is 2.31. The van der Waals surface area contributed by atoms with Gasteiger partial charge in [-0.1, -0.05) is 12.1 Å². The second kappa shape index (κ2) is 4.28. The molecule has 0 amide bonds. The molecule has 2 N–H and O–H groups in total. The molecule has 0 saturated carbocycles. The van der Waals surface area contributed by atoms with Crippen molar-refractivity contribution in [3.8, 4) is 11.1 Å². The van der Waals surface area contributed by atoms with Gasteiger partial charge in [-0.05, 0) is 29.3 Å². The molecule has 0 saturated heterocycles. The first kappa shape index (κ1) is 10.6. The zero-order valence-electron chi connectivity index (χ0n) is 8.40. The Kier molecular flexibility index (Phi) is 2.83. The summed E-state index contributed by atoms with van der Waals surface area (Å²) in [6.45, 7) is -0.148. The molecule has 0 aliphatic heterocycles. The Morgan fingerprint density at radius 1 is 1.25 bits per heavy atom. The molecule has 2 aromatic rings. The van der Waals surface area contributed by atoms with E-state index in [1.807, 2.05) is 0 Å². The highest BCUT2D eigenvalue weighted by molar-refractivity contribution is 5.62. The van der Waals surface area contributed by atoms with Crippen molar-refractivity contribution in [2.75, 3.05) is 0 Å². The summed E-state index contributed by atoms with van der Waals surface area (Å²) in [5, 5.41) is 8.96. The van der Waals surface area contributed by atoms with Crippen molar-refractivity contribution in [2.45, 2.75) is 6.61 Å². The van der Waals surface area contributed by atoms with Gasteiger partial charge >= 0.3 is 0 Å². The first-order valence-electron chi connectivity index (χ1n) is 4.79. The van der Waals surface area contributed by atoms with Gasteiger partial charge in [-0.3, -0.25) is 4.79 Å². The Morgan fingerprint density at radius 3 is 2.56 bits per heavy atom. The smallest absolute Gasteiger partial charge is 0.255 e. The SMILES string of the molecule is O=c1[nH]cc(CO)cc1-c1ccc(F)cc1. The van der Waals surface area contributed by atoms with Crippen LogP contribution in [0.1, 0.15) is 5.56 Å². The highest BCUT2D eigenvalue weighted by Crippen LogP contribution is 2.16. The number of aliphatic hydroxyl groups is 1. The standard InChI is InChI=1S/C12H10FNO2/c13-10-3-1-9(2-4-10)11-5-8(7-15)6-14-12(11)16/h1-6,15H,7H2,(H,14,16). The highest BCUT2D eigenvalue weighted by Gasteiger charge is 2.04. The van der Waals surface area contributed by atoms with Crippen LogP contribution in [0, 0.1) is 5.82 Å². The Morgan fingerprint density at radius 2 is 1.94 bits per heavy atom. The van der Waals surface area contributed by atoms with E-state index in [0.29, 0.717) is 16.7 Å². The number of benzene rings is 1. The quantitative estimate of drug-likeness (QED) is 0.807. The van der Waals surface area contributed by atoms with Crippen molar-refractivity contribution in [1.29, 1.82) is 0 Å².